The number of hydrogen-bond acceptors (Lipinski definition) is 2. The third kappa shape index (κ3) is 2.11. The predicted molar refractivity (Wildman–Crippen MR) is 76.0 cm³/mol. The highest BCUT2D eigenvalue weighted by Gasteiger charge is 2.34. The molecule has 0 radical (unpaired) electrons. The van der Waals surface area contributed by atoms with E-state index in [0.29, 0.717) is 11.6 Å². The van der Waals surface area contributed by atoms with Crippen LogP contribution in [0.15, 0.2) is 48.5 Å². The first kappa shape index (κ1) is 12.2. The number of rotatable bonds is 2. The summed E-state index contributed by atoms with van der Waals surface area (Å²) in [5.41, 5.74) is 8.71. The van der Waals surface area contributed by atoms with Crippen LogP contribution in [0, 0.1) is 0 Å². The topological polar surface area (TPSA) is 46.3 Å². The molecule has 3 nitrogen and oxygen atoms in total. The number of anilines is 1. The summed E-state index contributed by atoms with van der Waals surface area (Å²) in [5, 5.41) is 0.668. The van der Waals surface area contributed by atoms with Crippen LogP contribution in [-0.2, 0) is 11.3 Å². The number of fused-ring (bicyclic) bond motifs is 1. The molecule has 0 bridgehead atoms. The van der Waals surface area contributed by atoms with E-state index in [2.05, 4.69) is 0 Å². The average Bonchev–Trinajstić information content (AvgIpc) is 2.65. The van der Waals surface area contributed by atoms with Crippen LogP contribution in [0.25, 0.3) is 0 Å². The molecule has 0 saturated carbocycles. The molecular formula is C15H13ClN2O. The molecule has 96 valence electrons. The SMILES string of the molecule is NC1C(=O)N(Cc2cccc(Cl)c2)c2ccccc21. The lowest BCUT2D eigenvalue weighted by atomic mass is 10.1. The van der Waals surface area contributed by atoms with Crippen LogP contribution in [0.4, 0.5) is 5.69 Å². The summed E-state index contributed by atoms with van der Waals surface area (Å²) < 4.78 is 0. The van der Waals surface area contributed by atoms with Gasteiger partial charge in [-0.25, -0.2) is 0 Å². The van der Waals surface area contributed by atoms with Gasteiger partial charge in [-0.2, -0.15) is 0 Å². The molecule has 1 amide bonds. The Labute approximate surface area is 116 Å². The minimum Gasteiger partial charge on any atom is -0.316 e. The number of para-hydroxylation sites is 1. The monoisotopic (exact) mass is 272 g/mol. The van der Waals surface area contributed by atoms with Gasteiger partial charge in [-0.15, -0.1) is 0 Å². The van der Waals surface area contributed by atoms with E-state index in [4.69, 9.17) is 17.3 Å². The molecular weight excluding hydrogens is 260 g/mol. The highest BCUT2D eigenvalue weighted by molar-refractivity contribution is 6.30. The van der Waals surface area contributed by atoms with Crippen LogP contribution in [0.2, 0.25) is 5.02 Å². The third-order valence-electron chi connectivity index (χ3n) is 3.32. The standard InChI is InChI=1S/C15H13ClN2O/c16-11-5-3-4-10(8-11)9-18-13-7-2-1-6-12(13)14(17)15(18)19/h1-8,14H,9,17H2. The number of hydrogen-bond donors (Lipinski definition) is 1. The van der Waals surface area contributed by atoms with Crippen LogP contribution in [0.5, 0.6) is 0 Å². The van der Waals surface area contributed by atoms with Gasteiger partial charge in [-0.1, -0.05) is 41.9 Å². The number of benzene rings is 2. The van der Waals surface area contributed by atoms with Crippen molar-refractivity contribution in [2.45, 2.75) is 12.6 Å². The summed E-state index contributed by atoms with van der Waals surface area (Å²) in [6, 6.07) is 14.6. The number of nitrogens with zero attached hydrogens (tertiary/aromatic N) is 1. The summed E-state index contributed by atoms with van der Waals surface area (Å²) in [5.74, 6) is -0.0684. The van der Waals surface area contributed by atoms with Crippen molar-refractivity contribution in [3.63, 3.8) is 0 Å². The first-order chi connectivity index (χ1) is 9.16. The minimum atomic E-state index is -0.560. The number of halogens is 1. The normalized spacial score (nSPS) is 17.7. The fourth-order valence-corrected chi connectivity index (χ4v) is 2.61. The number of carbonyl (C=O) groups is 1. The zero-order valence-corrected chi connectivity index (χ0v) is 11.0. The van der Waals surface area contributed by atoms with Gasteiger partial charge in [0.1, 0.15) is 6.04 Å². The molecule has 0 aromatic heterocycles. The van der Waals surface area contributed by atoms with Gasteiger partial charge in [0.2, 0.25) is 5.91 Å². The Morgan fingerprint density at radius 1 is 1.16 bits per heavy atom. The van der Waals surface area contributed by atoms with E-state index >= 15 is 0 Å². The first-order valence-corrected chi connectivity index (χ1v) is 6.45. The summed E-state index contributed by atoms with van der Waals surface area (Å²) >= 11 is 5.97. The first-order valence-electron chi connectivity index (χ1n) is 6.07. The van der Waals surface area contributed by atoms with Crippen molar-refractivity contribution in [2.24, 2.45) is 5.73 Å². The van der Waals surface area contributed by atoms with Gasteiger partial charge in [-0.05, 0) is 23.8 Å². The Bertz CT molecular complexity index is 642. The van der Waals surface area contributed by atoms with E-state index in [-0.39, 0.29) is 5.91 Å². The molecule has 4 heteroatoms. The van der Waals surface area contributed by atoms with Crippen LogP contribution in [0.1, 0.15) is 17.2 Å². The lowest BCUT2D eigenvalue weighted by Crippen LogP contribution is -2.31. The van der Waals surface area contributed by atoms with E-state index in [1.165, 1.54) is 0 Å². The number of carbonyl (C=O) groups excluding carboxylic acids is 1. The van der Waals surface area contributed by atoms with Crippen LogP contribution in [0.3, 0.4) is 0 Å². The summed E-state index contributed by atoms with van der Waals surface area (Å²) in [7, 11) is 0. The van der Waals surface area contributed by atoms with Gasteiger partial charge >= 0.3 is 0 Å². The fraction of sp³-hybridized carbons (Fsp3) is 0.133. The summed E-state index contributed by atoms with van der Waals surface area (Å²) in [6.45, 7) is 0.490. The van der Waals surface area contributed by atoms with Gasteiger partial charge in [0.25, 0.3) is 0 Å². The average molecular weight is 273 g/mol. The Morgan fingerprint density at radius 3 is 2.74 bits per heavy atom. The maximum atomic E-state index is 12.2. The van der Waals surface area contributed by atoms with Crippen LogP contribution < -0.4 is 10.6 Å². The molecule has 1 heterocycles. The largest absolute Gasteiger partial charge is 0.316 e. The molecule has 1 aliphatic heterocycles. The van der Waals surface area contributed by atoms with E-state index in [1.54, 1.807) is 4.90 Å². The highest BCUT2D eigenvalue weighted by Crippen LogP contribution is 2.35. The van der Waals surface area contributed by atoms with Gasteiger partial charge in [0, 0.05) is 16.3 Å². The Kier molecular flexibility index (Phi) is 3.01. The van der Waals surface area contributed by atoms with E-state index in [0.717, 1.165) is 16.8 Å². The molecule has 19 heavy (non-hydrogen) atoms. The number of nitrogens with two attached hydrogens (primary N) is 1. The van der Waals surface area contributed by atoms with Crippen molar-refractivity contribution in [3.8, 4) is 0 Å². The molecule has 2 aromatic rings. The van der Waals surface area contributed by atoms with Gasteiger partial charge < -0.3 is 10.6 Å². The molecule has 2 N–H and O–H groups in total. The molecule has 0 saturated heterocycles. The molecule has 1 unspecified atom stereocenters. The highest BCUT2D eigenvalue weighted by atomic mass is 35.5. The van der Waals surface area contributed by atoms with Crippen molar-refractivity contribution < 1.29 is 4.79 Å². The molecule has 0 spiro atoms. The Hall–Kier alpha value is -1.84. The van der Waals surface area contributed by atoms with Crippen molar-refractivity contribution in [1.82, 2.24) is 0 Å². The third-order valence-corrected chi connectivity index (χ3v) is 3.56. The number of amides is 1. The Balaban J connectivity index is 1.95. The minimum absolute atomic E-state index is 0.0684. The summed E-state index contributed by atoms with van der Waals surface area (Å²) in [4.78, 5) is 13.9. The van der Waals surface area contributed by atoms with Gasteiger partial charge in [0.05, 0.1) is 6.54 Å². The lowest BCUT2D eigenvalue weighted by molar-refractivity contribution is -0.119. The van der Waals surface area contributed by atoms with Gasteiger partial charge in [-0.3, -0.25) is 4.79 Å². The van der Waals surface area contributed by atoms with Crippen molar-refractivity contribution in [3.05, 3.63) is 64.7 Å². The van der Waals surface area contributed by atoms with Crippen molar-refractivity contribution >= 4 is 23.2 Å². The van der Waals surface area contributed by atoms with E-state index in [9.17, 15) is 4.79 Å². The van der Waals surface area contributed by atoms with E-state index < -0.39 is 6.04 Å². The smallest absolute Gasteiger partial charge is 0.248 e. The van der Waals surface area contributed by atoms with Crippen LogP contribution >= 0.6 is 11.6 Å². The molecule has 2 aromatic carbocycles. The maximum Gasteiger partial charge on any atom is 0.248 e. The zero-order valence-electron chi connectivity index (χ0n) is 10.2. The Morgan fingerprint density at radius 2 is 1.95 bits per heavy atom. The predicted octanol–water partition coefficient (Wildman–Crippen LogP) is 2.89. The summed E-state index contributed by atoms with van der Waals surface area (Å²) in [6.07, 6.45) is 0. The van der Waals surface area contributed by atoms with Crippen LogP contribution in [-0.4, -0.2) is 5.91 Å². The van der Waals surface area contributed by atoms with E-state index in [1.807, 2.05) is 48.5 Å². The second-order valence-electron chi connectivity index (χ2n) is 4.59. The zero-order chi connectivity index (χ0) is 13.4. The fourth-order valence-electron chi connectivity index (χ4n) is 2.40. The van der Waals surface area contributed by atoms with Crippen molar-refractivity contribution in [1.29, 1.82) is 0 Å². The maximum absolute atomic E-state index is 12.2. The second kappa shape index (κ2) is 4.68. The molecule has 1 atom stereocenters. The quantitative estimate of drug-likeness (QED) is 0.914. The molecule has 0 aliphatic carbocycles. The molecule has 3 rings (SSSR count). The second-order valence-corrected chi connectivity index (χ2v) is 5.03. The molecule has 1 aliphatic rings. The molecule has 0 fully saturated rings. The lowest BCUT2D eigenvalue weighted by Gasteiger charge is -2.17. The van der Waals surface area contributed by atoms with Gasteiger partial charge in [0.15, 0.2) is 0 Å². The van der Waals surface area contributed by atoms with Crippen molar-refractivity contribution in [2.75, 3.05) is 4.90 Å².